The molecule has 1 aliphatic heterocycles. The summed E-state index contributed by atoms with van der Waals surface area (Å²) in [6.07, 6.45) is -6.73. The van der Waals surface area contributed by atoms with E-state index < -0.39 is 41.9 Å². The van der Waals surface area contributed by atoms with Gasteiger partial charge in [0, 0.05) is 23.6 Å². The van der Waals surface area contributed by atoms with Gasteiger partial charge in [-0.2, -0.15) is 0 Å². The summed E-state index contributed by atoms with van der Waals surface area (Å²) in [5.74, 6) is 0.151. The maximum absolute atomic E-state index is 15.6. The van der Waals surface area contributed by atoms with Crippen molar-refractivity contribution in [3.63, 3.8) is 0 Å². The van der Waals surface area contributed by atoms with Crippen molar-refractivity contribution in [2.75, 3.05) is 6.54 Å². The molecule has 1 aliphatic carbocycles. The lowest BCUT2D eigenvalue weighted by Crippen LogP contribution is -2.60. The molecule has 1 aromatic heterocycles. The normalized spacial score (nSPS) is 23.4. The Labute approximate surface area is 200 Å². The van der Waals surface area contributed by atoms with E-state index in [0.29, 0.717) is 11.3 Å². The lowest BCUT2D eigenvalue weighted by atomic mass is 9.78. The third kappa shape index (κ3) is 5.55. The van der Waals surface area contributed by atoms with Crippen LogP contribution in [0, 0.1) is 5.41 Å². The van der Waals surface area contributed by atoms with Crippen LogP contribution in [0.1, 0.15) is 57.3 Å². The van der Waals surface area contributed by atoms with E-state index >= 15 is 4.39 Å². The monoisotopic (exact) mass is 500 g/mol. The molecule has 2 heterocycles. The Morgan fingerprint density at radius 3 is 2.49 bits per heavy atom. The highest BCUT2D eigenvalue weighted by Gasteiger charge is 2.47. The molecule has 3 atom stereocenters. The van der Waals surface area contributed by atoms with Gasteiger partial charge >= 0.3 is 12.5 Å². The smallest absolute Gasteiger partial charge is 0.465 e. The standard InChI is InChI=1S/C24H28F4N2O5/c1-23(2,3)21-18(25)17(10-11-30(21)22(31)32)33-12-15-19(29-35-20(15)13-8-9-13)14-6-4-5-7-16(14)34-24(26,27)28/h4-7,13,17-18,21H,8-12H2,1-3H3,(H,31,32)/t17-,18+,21?/m1/s1. The molecule has 1 amide bonds. The fourth-order valence-electron chi connectivity index (χ4n) is 4.68. The lowest BCUT2D eigenvalue weighted by molar-refractivity contribution is -0.274. The number of halogens is 4. The second-order valence-corrected chi connectivity index (χ2v) is 10.1. The summed E-state index contributed by atoms with van der Waals surface area (Å²) < 4.78 is 70.1. The summed E-state index contributed by atoms with van der Waals surface area (Å²) in [6, 6.07) is 4.69. The lowest BCUT2D eigenvalue weighted by Gasteiger charge is -2.46. The number of para-hydroxylation sites is 1. The van der Waals surface area contributed by atoms with Crippen molar-refractivity contribution in [3.8, 4) is 17.0 Å². The van der Waals surface area contributed by atoms with Crippen LogP contribution >= 0.6 is 0 Å². The summed E-state index contributed by atoms with van der Waals surface area (Å²) in [5, 5.41) is 13.6. The summed E-state index contributed by atoms with van der Waals surface area (Å²) in [7, 11) is 0. The van der Waals surface area contributed by atoms with E-state index in [1.54, 1.807) is 26.8 Å². The molecule has 35 heavy (non-hydrogen) atoms. The van der Waals surface area contributed by atoms with Crippen molar-refractivity contribution in [1.29, 1.82) is 0 Å². The highest BCUT2D eigenvalue weighted by molar-refractivity contribution is 5.70. The van der Waals surface area contributed by atoms with Gasteiger partial charge in [0.25, 0.3) is 0 Å². The van der Waals surface area contributed by atoms with Crippen molar-refractivity contribution in [2.45, 2.75) is 77.2 Å². The van der Waals surface area contributed by atoms with Gasteiger partial charge in [0.05, 0.1) is 18.8 Å². The Hall–Kier alpha value is -2.82. The molecular weight excluding hydrogens is 472 g/mol. The number of hydrogen-bond acceptors (Lipinski definition) is 5. The molecule has 4 rings (SSSR count). The van der Waals surface area contributed by atoms with Crippen LogP contribution in [-0.2, 0) is 11.3 Å². The number of amides is 1. The van der Waals surface area contributed by atoms with Crippen LogP contribution in [0.2, 0.25) is 0 Å². The second-order valence-electron chi connectivity index (χ2n) is 10.1. The molecular formula is C24H28F4N2O5. The van der Waals surface area contributed by atoms with Gasteiger partial charge in [-0.3, -0.25) is 0 Å². The zero-order valence-electron chi connectivity index (χ0n) is 19.6. The van der Waals surface area contributed by atoms with Gasteiger partial charge < -0.3 is 24.0 Å². The number of benzene rings is 1. The van der Waals surface area contributed by atoms with Gasteiger partial charge in [-0.1, -0.05) is 38.1 Å². The number of piperidine rings is 1. The Bertz CT molecular complexity index is 1060. The van der Waals surface area contributed by atoms with Crippen molar-refractivity contribution in [1.82, 2.24) is 10.1 Å². The number of hydrogen-bond donors (Lipinski definition) is 1. The molecule has 0 radical (unpaired) electrons. The number of aromatic nitrogens is 1. The molecule has 11 heteroatoms. The van der Waals surface area contributed by atoms with E-state index in [0.717, 1.165) is 17.7 Å². The summed E-state index contributed by atoms with van der Waals surface area (Å²) in [6.45, 7) is 5.27. The molecule has 2 aliphatic rings. The Balaban J connectivity index is 1.61. The van der Waals surface area contributed by atoms with Crippen LogP contribution < -0.4 is 4.74 Å². The molecule has 1 saturated carbocycles. The van der Waals surface area contributed by atoms with Gasteiger partial charge in [0.1, 0.15) is 23.4 Å². The molecule has 2 aromatic rings. The minimum absolute atomic E-state index is 0.0721. The predicted molar refractivity (Wildman–Crippen MR) is 117 cm³/mol. The van der Waals surface area contributed by atoms with Gasteiger partial charge in [0.15, 0.2) is 0 Å². The van der Waals surface area contributed by atoms with Crippen molar-refractivity contribution >= 4 is 6.09 Å². The van der Waals surface area contributed by atoms with E-state index in [4.69, 9.17) is 9.26 Å². The van der Waals surface area contributed by atoms with Crippen LogP contribution in [0.25, 0.3) is 11.3 Å². The summed E-state index contributed by atoms with van der Waals surface area (Å²) >= 11 is 0. The highest BCUT2D eigenvalue weighted by atomic mass is 19.4. The number of rotatable bonds is 6. The van der Waals surface area contributed by atoms with Crippen LogP contribution in [-0.4, -0.2) is 52.5 Å². The maximum Gasteiger partial charge on any atom is 0.573 e. The first-order valence-corrected chi connectivity index (χ1v) is 11.5. The maximum atomic E-state index is 15.6. The number of nitrogens with zero attached hydrogens (tertiary/aromatic N) is 2. The van der Waals surface area contributed by atoms with Gasteiger partial charge in [0.2, 0.25) is 0 Å². The van der Waals surface area contributed by atoms with Crippen molar-refractivity contribution in [2.24, 2.45) is 5.41 Å². The molecule has 1 N–H and O–H groups in total. The summed E-state index contributed by atoms with van der Waals surface area (Å²) in [4.78, 5) is 12.8. The van der Waals surface area contributed by atoms with Gasteiger partial charge in [-0.05, 0) is 36.8 Å². The van der Waals surface area contributed by atoms with Crippen molar-refractivity contribution in [3.05, 3.63) is 35.6 Å². The van der Waals surface area contributed by atoms with Crippen LogP contribution in [0.4, 0.5) is 22.4 Å². The Kier molecular flexibility index (Phi) is 6.74. The summed E-state index contributed by atoms with van der Waals surface area (Å²) in [5.41, 5.74) is 0.0161. The number of alkyl halides is 4. The fraction of sp³-hybridized carbons (Fsp3) is 0.583. The number of likely N-dealkylation sites (tertiary alicyclic amines) is 1. The SMILES string of the molecule is CC(C)(C)C1[C@@H](F)[C@H](OCc2c(-c3ccccc3OC(F)(F)F)noc2C2CC2)CCN1C(=O)O. The average Bonchev–Trinajstić information content (AvgIpc) is 3.50. The van der Waals surface area contributed by atoms with E-state index in [1.165, 1.54) is 18.2 Å². The molecule has 0 spiro atoms. The zero-order valence-corrected chi connectivity index (χ0v) is 19.6. The largest absolute Gasteiger partial charge is 0.573 e. The van der Waals surface area contributed by atoms with Crippen molar-refractivity contribution < 1.29 is 41.5 Å². The molecule has 2 fully saturated rings. The predicted octanol–water partition coefficient (Wildman–Crippen LogP) is 6.14. The average molecular weight is 500 g/mol. The highest BCUT2D eigenvalue weighted by Crippen LogP contribution is 2.46. The van der Waals surface area contributed by atoms with Crippen LogP contribution in [0.15, 0.2) is 28.8 Å². The van der Waals surface area contributed by atoms with Gasteiger partial charge in [-0.25, -0.2) is 9.18 Å². The minimum atomic E-state index is -4.89. The van der Waals surface area contributed by atoms with E-state index in [1.807, 2.05) is 0 Å². The first kappa shape index (κ1) is 25.3. The molecule has 192 valence electrons. The number of ether oxygens (including phenoxy) is 2. The Morgan fingerprint density at radius 1 is 1.20 bits per heavy atom. The minimum Gasteiger partial charge on any atom is -0.465 e. The second kappa shape index (κ2) is 9.33. The van der Waals surface area contributed by atoms with E-state index in [2.05, 4.69) is 9.89 Å². The molecule has 1 saturated heterocycles. The number of carbonyl (C=O) groups is 1. The number of carboxylic acid groups (broad SMARTS) is 1. The van der Waals surface area contributed by atoms with E-state index in [9.17, 15) is 23.1 Å². The van der Waals surface area contributed by atoms with Gasteiger partial charge in [-0.15, -0.1) is 13.2 Å². The van der Waals surface area contributed by atoms with E-state index in [-0.39, 0.29) is 36.7 Å². The molecule has 1 aromatic carbocycles. The molecule has 1 unspecified atom stereocenters. The third-order valence-corrected chi connectivity index (χ3v) is 6.36. The topological polar surface area (TPSA) is 85.0 Å². The zero-order chi connectivity index (χ0) is 25.5. The van der Waals surface area contributed by atoms with Crippen LogP contribution in [0.5, 0.6) is 5.75 Å². The van der Waals surface area contributed by atoms with Crippen LogP contribution in [0.3, 0.4) is 0 Å². The fourth-order valence-corrected chi connectivity index (χ4v) is 4.68. The molecule has 7 nitrogen and oxygen atoms in total. The quantitative estimate of drug-likeness (QED) is 0.480. The first-order chi connectivity index (χ1) is 16.4. The Morgan fingerprint density at radius 2 is 1.89 bits per heavy atom. The first-order valence-electron chi connectivity index (χ1n) is 11.5. The third-order valence-electron chi connectivity index (χ3n) is 6.36. The molecule has 0 bridgehead atoms.